The van der Waals surface area contributed by atoms with Gasteiger partial charge in [0.05, 0.1) is 0 Å². The lowest BCUT2D eigenvalue weighted by Gasteiger charge is -2.30. The van der Waals surface area contributed by atoms with E-state index in [-0.39, 0.29) is 11.6 Å². The Kier molecular flexibility index (Phi) is 4.18. The third-order valence-corrected chi connectivity index (χ3v) is 3.14. The second-order valence-corrected chi connectivity index (χ2v) is 4.08. The van der Waals surface area contributed by atoms with Crippen LogP contribution in [0.3, 0.4) is 0 Å². The fourth-order valence-electron chi connectivity index (χ4n) is 2.16. The molecule has 2 nitrogen and oxygen atoms in total. The summed E-state index contributed by atoms with van der Waals surface area (Å²) < 4.78 is 5.50. The Labute approximate surface area is 86.3 Å². The van der Waals surface area contributed by atoms with Gasteiger partial charge in [-0.25, -0.2) is 4.79 Å². The minimum Gasteiger partial charge on any atom is -0.456 e. The molecule has 0 radical (unpaired) electrons. The van der Waals surface area contributed by atoms with Crippen molar-refractivity contribution in [2.75, 3.05) is 0 Å². The summed E-state index contributed by atoms with van der Waals surface area (Å²) in [6.07, 6.45) is 9.12. The minimum atomic E-state index is -0.270. The molecule has 1 rings (SSSR count). The van der Waals surface area contributed by atoms with Crippen LogP contribution in [-0.2, 0) is 9.53 Å². The molecule has 0 spiro atoms. The summed E-state index contributed by atoms with van der Waals surface area (Å²) in [7, 11) is 0. The Morgan fingerprint density at radius 3 is 2.36 bits per heavy atom. The summed E-state index contributed by atoms with van der Waals surface area (Å²) in [5.74, 6) is -0.270. The van der Waals surface area contributed by atoms with Crippen LogP contribution in [0.15, 0.2) is 12.7 Å². The summed E-state index contributed by atoms with van der Waals surface area (Å²) in [6.45, 7) is 5.54. The van der Waals surface area contributed by atoms with Gasteiger partial charge in [0, 0.05) is 6.08 Å². The van der Waals surface area contributed by atoms with E-state index in [1.54, 1.807) is 0 Å². The van der Waals surface area contributed by atoms with E-state index in [0.717, 1.165) is 19.3 Å². The first kappa shape index (κ1) is 11.3. The van der Waals surface area contributed by atoms with Crippen LogP contribution in [0, 0.1) is 0 Å². The van der Waals surface area contributed by atoms with Crippen LogP contribution >= 0.6 is 0 Å². The predicted octanol–water partition coefficient (Wildman–Crippen LogP) is 3.22. The standard InChI is InChI=1S/C12H20O2/c1-3-11(13)14-12(4-2)9-7-5-6-8-10-12/h3H,1,4-10H2,2H3. The molecule has 1 fully saturated rings. The first-order chi connectivity index (χ1) is 6.72. The maximum Gasteiger partial charge on any atom is 0.330 e. The Balaban J connectivity index is 2.62. The van der Waals surface area contributed by atoms with Crippen LogP contribution in [0.1, 0.15) is 51.9 Å². The number of ether oxygens (including phenoxy) is 1. The molecular weight excluding hydrogens is 176 g/mol. The number of hydrogen-bond acceptors (Lipinski definition) is 2. The lowest BCUT2D eigenvalue weighted by molar-refractivity contribution is -0.155. The Morgan fingerprint density at radius 1 is 1.36 bits per heavy atom. The van der Waals surface area contributed by atoms with E-state index in [1.165, 1.54) is 31.8 Å². The van der Waals surface area contributed by atoms with Crippen LogP contribution in [0.25, 0.3) is 0 Å². The Hall–Kier alpha value is -0.790. The molecule has 1 aliphatic rings. The van der Waals surface area contributed by atoms with Crippen molar-refractivity contribution in [2.24, 2.45) is 0 Å². The third-order valence-electron chi connectivity index (χ3n) is 3.14. The van der Waals surface area contributed by atoms with Gasteiger partial charge in [0.1, 0.15) is 5.60 Å². The van der Waals surface area contributed by atoms with Crippen molar-refractivity contribution >= 4 is 5.97 Å². The van der Waals surface area contributed by atoms with E-state index in [2.05, 4.69) is 13.5 Å². The molecule has 0 aromatic rings. The monoisotopic (exact) mass is 196 g/mol. The lowest BCUT2D eigenvalue weighted by atomic mass is 9.91. The van der Waals surface area contributed by atoms with Crippen LogP contribution in [0.2, 0.25) is 0 Å². The van der Waals surface area contributed by atoms with E-state index in [9.17, 15) is 4.79 Å². The topological polar surface area (TPSA) is 26.3 Å². The molecule has 0 atom stereocenters. The fraction of sp³-hybridized carbons (Fsp3) is 0.750. The zero-order valence-corrected chi connectivity index (χ0v) is 9.05. The Morgan fingerprint density at radius 2 is 1.93 bits per heavy atom. The molecule has 0 heterocycles. The van der Waals surface area contributed by atoms with Crippen molar-refractivity contribution in [3.05, 3.63) is 12.7 Å². The molecule has 0 unspecified atom stereocenters. The summed E-state index contributed by atoms with van der Waals surface area (Å²) in [6, 6.07) is 0. The summed E-state index contributed by atoms with van der Waals surface area (Å²) in [5, 5.41) is 0. The van der Waals surface area contributed by atoms with Gasteiger partial charge in [0.15, 0.2) is 0 Å². The molecule has 0 N–H and O–H groups in total. The second kappa shape index (κ2) is 5.18. The SMILES string of the molecule is C=CC(=O)OC1(CC)CCCCCC1. The number of hydrogen-bond donors (Lipinski definition) is 0. The highest BCUT2D eigenvalue weighted by Crippen LogP contribution is 2.33. The molecule has 14 heavy (non-hydrogen) atoms. The zero-order chi connectivity index (χ0) is 10.4. The molecule has 0 aliphatic heterocycles. The maximum atomic E-state index is 11.2. The first-order valence-corrected chi connectivity index (χ1v) is 5.58. The van der Waals surface area contributed by atoms with Crippen molar-refractivity contribution < 1.29 is 9.53 Å². The molecule has 0 aromatic carbocycles. The molecule has 0 bridgehead atoms. The summed E-state index contributed by atoms with van der Waals surface area (Å²) in [5.41, 5.74) is -0.193. The highest BCUT2D eigenvalue weighted by molar-refractivity contribution is 5.81. The third kappa shape index (κ3) is 2.86. The fourth-order valence-corrected chi connectivity index (χ4v) is 2.16. The van der Waals surface area contributed by atoms with Crippen molar-refractivity contribution in [3.8, 4) is 0 Å². The Bertz CT molecular complexity index is 200. The predicted molar refractivity (Wildman–Crippen MR) is 57.0 cm³/mol. The van der Waals surface area contributed by atoms with Crippen LogP contribution in [0.5, 0.6) is 0 Å². The van der Waals surface area contributed by atoms with Crippen molar-refractivity contribution in [1.82, 2.24) is 0 Å². The smallest absolute Gasteiger partial charge is 0.330 e. The lowest BCUT2D eigenvalue weighted by Crippen LogP contribution is -2.33. The average Bonchev–Trinajstić information content (AvgIpc) is 2.44. The highest BCUT2D eigenvalue weighted by atomic mass is 16.6. The molecule has 0 amide bonds. The van der Waals surface area contributed by atoms with Gasteiger partial charge in [-0.3, -0.25) is 0 Å². The minimum absolute atomic E-state index is 0.193. The largest absolute Gasteiger partial charge is 0.456 e. The van der Waals surface area contributed by atoms with E-state index >= 15 is 0 Å². The van der Waals surface area contributed by atoms with Gasteiger partial charge in [-0.05, 0) is 32.1 Å². The highest BCUT2D eigenvalue weighted by Gasteiger charge is 2.32. The van der Waals surface area contributed by atoms with E-state index < -0.39 is 0 Å². The van der Waals surface area contributed by atoms with E-state index in [0.29, 0.717) is 0 Å². The van der Waals surface area contributed by atoms with Crippen molar-refractivity contribution in [2.45, 2.75) is 57.5 Å². The summed E-state index contributed by atoms with van der Waals surface area (Å²) >= 11 is 0. The van der Waals surface area contributed by atoms with Gasteiger partial charge < -0.3 is 4.74 Å². The molecule has 2 heteroatoms. The molecular formula is C12H20O2. The quantitative estimate of drug-likeness (QED) is 0.393. The van der Waals surface area contributed by atoms with E-state index in [4.69, 9.17) is 4.74 Å². The molecule has 0 aromatic heterocycles. The van der Waals surface area contributed by atoms with Gasteiger partial charge in [0.25, 0.3) is 0 Å². The molecule has 80 valence electrons. The maximum absolute atomic E-state index is 11.2. The number of carbonyl (C=O) groups is 1. The van der Waals surface area contributed by atoms with Crippen LogP contribution in [0.4, 0.5) is 0 Å². The number of esters is 1. The average molecular weight is 196 g/mol. The van der Waals surface area contributed by atoms with Crippen molar-refractivity contribution in [3.63, 3.8) is 0 Å². The zero-order valence-electron chi connectivity index (χ0n) is 9.05. The van der Waals surface area contributed by atoms with Crippen LogP contribution in [-0.4, -0.2) is 11.6 Å². The first-order valence-electron chi connectivity index (χ1n) is 5.58. The van der Waals surface area contributed by atoms with Gasteiger partial charge in [-0.2, -0.15) is 0 Å². The summed E-state index contributed by atoms with van der Waals surface area (Å²) in [4.78, 5) is 11.2. The van der Waals surface area contributed by atoms with E-state index in [1.807, 2.05) is 0 Å². The normalized spacial score (nSPS) is 20.9. The number of carbonyl (C=O) groups excluding carboxylic acids is 1. The van der Waals surface area contributed by atoms with Gasteiger partial charge >= 0.3 is 5.97 Å². The molecule has 0 saturated heterocycles. The second-order valence-electron chi connectivity index (χ2n) is 4.08. The molecule has 1 aliphatic carbocycles. The van der Waals surface area contributed by atoms with Gasteiger partial charge in [-0.15, -0.1) is 0 Å². The van der Waals surface area contributed by atoms with Crippen LogP contribution < -0.4 is 0 Å². The van der Waals surface area contributed by atoms with Gasteiger partial charge in [0.2, 0.25) is 0 Å². The van der Waals surface area contributed by atoms with Crippen molar-refractivity contribution in [1.29, 1.82) is 0 Å². The van der Waals surface area contributed by atoms with Gasteiger partial charge in [-0.1, -0.05) is 26.3 Å². The molecule has 1 saturated carbocycles. The number of rotatable bonds is 3.